The van der Waals surface area contributed by atoms with E-state index in [-0.39, 0.29) is 0 Å². The Labute approximate surface area is 94.2 Å². The molecule has 1 aliphatic rings. The molecule has 1 N–H and O–H groups in total. The van der Waals surface area contributed by atoms with Gasteiger partial charge in [-0.3, -0.25) is 0 Å². The minimum Gasteiger partial charge on any atom is -0.385 e. The number of hydrogen-bond acceptors (Lipinski definition) is 3. The number of nitrogens with one attached hydrogen (secondary N) is 1. The van der Waals surface area contributed by atoms with Crippen LogP contribution in [-0.4, -0.2) is 51.3 Å². The van der Waals surface area contributed by atoms with Gasteiger partial charge in [-0.2, -0.15) is 0 Å². The van der Waals surface area contributed by atoms with Gasteiger partial charge >= 0.3 is 0 Å². The SMILES string of the molecule is CCNCC1CCCN(CCCOC)C1. The van der Waals surface area contributed by atoms with Crippen LogP contribution in [0.15, 0.2) is 0 Å². The predicted octanol–water partition coefficient (Wildman–Crippen LogP) is 1.34. The van der Waals surface area contributed by atoms with Crippen LogP contribution in [0.2, 0.25) is 0 Å². The molecule has 0 bridgehead atoms. The number of ether oxygens (including phenoxy) is 1. The first kappa shape index (κ1) is 12.9. The number of rotatable bonds is 7. The van der Waals surface area contributed by atoms with E-state index in [1.54, 1.807) is 7.11 Å². The smallest absolute Gasteiger partial charge is 0.0474 e. The highest BCUT2D eigenvalue weighted by Gasteiger charge is 2.18. The molecule has 0 radical (unpaired) electrons. The minimum atomic E-state index is 0.862. The first-order chi connectivity index (χ1) is 7.36. The van der Waals surface area contributed by atoms with E-state index in [9.17, 15) is 0 Å². The van der Waals surface area contributed by atoms with E-state index in [4.69, 9.17) is 4.74 Å². The van der Waals surface area contributed by atoms with E-state index in [2.05, 4.69) is 17.1 Å². The molecule has 0 aromatic rings. The maximum Gasteiger partial charge on any atom is 0.0474 e. The molecule has 0 aliphatic carbocycles. The zero-order valence-corrected chi connectivity index (χ0v) is 10.3. The van der Waals surface area contributed by atoms with Crippen LogP contribution in [0.4, 0.5) is 0 Å². The molecule has 0 aromatic heterocycles. The van der Waals surface area contributed by atoms with Crippen molar-refractivity contribution >= 4 is 0 Å². The normalized spacial score (nSPS) is 23.2. The maximum absolute atomic E-state index is 5.09. The van der Waals surface area contributed by atoms with Crippen LogP contribution in [0.1, 0.15) is 26.2 Å². The van der Waals surface area contributed by atoms with Crippen LogP contribution in [0.3, 0.4) is 0 Å². The molecule has 1 fully saturated rings. The number of nitrogens with zero attached hydrogens (tertiary/aromatic N) is 1. The summed E-state index contributed by atoms with van der Waals surface area (Å²) in [5.41, 5.74) is 0. The van der Waals surface area contributed by atoms with Crippen LogP contribution in [0.5, 0.6) is 0 Å². The Morgan fingerprint density at radius 2 is 2.33 bits per heavy atom. The van der Waals surface area contributed by atoms with Gasteiger partial charge in [-0.05, 0) is 44.8 Å². The van der Waals surface area contributed by atoms with E-state index in [0.29, 0.717) is 0 Å². The number of hydrogen-bond donors (Lipinski definition) is 1. The fourth-order valence-electron chi connectivity index (χ4n) is 2.30. The molecule has 0 aromatic carbocycles. The summed E-state index contributed by atoms with van der Waals surface area (Å²) >= 11 is 0. The van der Waals surface area contributed by atoms with E-state index in [0.717, 1.165) is 19.1 Å². The molecular weight excluding hydrogens is 188 g/mol. The van der Waals surface area contributed by atoms with Crippen molar-refractivity contribution in [2.24, 2.45) is 5.92 Å². The Hall–Kier alpha value is -0.120. The molecule has 15 heavy (non-hydrogen) atoms. The highest BCUT2D eigenvalue weighted by molar-refractivity contribution is 4.74. The van der Waals surface area contributed by atoms with Crippen molar-refractivity contribution in [3.63, 3.8) is 0 Å². The van der Waals surface area contributed by atoms with E-state index >= 15 is 0 Å². The summed E-state index contributed by atoms with van der Waals surface area (Å²) < 4.78 is 5.09. The number of likely N-dealkylation sites (tertiary alicyclic amines) is 1. The quantitative estimate of drug-likeness (QED) is 0.647. The standard InChI is InChI=1S/C12H26N2O/c1-3-13-10-12-6-4-7-14(11-12)8-5-9-15-2/h12-13H,3-11H2,1-2H3. The van der Waals surface area contributed by atoms with E-state index < -0.39 is 0 Å². The van der Waals surface area contributed by atoms with Crippen LogP contribution < -0.4 is 5.32 Å². The summed E-state index contributed by atoms with van der Waals surface area (Å²) in [7, 11) is 1.78. The third-order valence-corrected chi connectivity index (χ3v) is 3.11. The van der Waals surface area contributed by atoms with Gasteiger partial charge in [0.2, 0.25) is 0 Å². The van der Waals surface area contributed by atoms with Crippen LogP contribution in [-0.2, 0) is 4.74 Å². The fraction of sp³-hybridized carbons (Fsp3) is 1.00. The summed E-state index contributed by atoms with van der Waals surface area (Å²) in [6.45, 7) is 9.13. The molecule has 1 aliphatic heterocycles. The molecule has 90 valence electrons. The molecule has 1 saturated heterocycles. The second kappa shape index (κ2) is 8.08. The zero-order chi connectivity index (χ0) is 10.9. The van der Waals surface area contributed by atoms with Crippen molar-refractivity contribution in [1.29, 1.82) is 0 Å². The molecular formula is C12H26N2O. The van der Waals surface area contributed by atoms with Gasteiger partial charge in [0.05, 0.1) is 0 Å². The lowest BCUT2D eigenvalue weighted by Crippen LogP contribution is -2.40. The second-order valence-corrected chi connectivity index (χ2v) is 4.46. The second-order valence-electron chi connectivity index (χ2n) is 4.46. The Kier molecular flexibility index (Phi) is 6.98. The lowest BCUT2D eigenvalue weighted by atomic mass is 9.98. The van der Waals surface area contributed by atoms with E-state index in [1.165, 1.54) is 45.4 Å². The summed E-state index contributed by atoms with van der Waals surface area (Å²) in [5.74, 6) is 0.862. The van der Waals surface area contributed by atoms with Gasteiger partial charge in [-0.1, -0.05) is 6.92 Å². The van der Waals surface area contributed by atoms with E-state index in [1.807, 2.05) is 0 Å². The monoisotopic (exact) mass is 214 g/mol. The molecule has 1 unspecified atom stereocenters. The Morgan fingerprint density at radius 1 is 1.47 bits per heavy atom. The molecule has 3 heteroatoms. The number of methoxy groups -OCH3 is 1. The third-order valence-electron chi connectivity index (χ3n) is 3.11. The van der Waals surface area contributed by atoms with Gasteiger partial charge in [0.1, 0.15) is 0 Å². The Bertz CT molecular complexity index is 153. The van der Waals surface area contributed by atoms with Crippen molar-refractivity contribution in [3.8, 4) is 0 Å². The van der Waals surface area contributed by atoms with Crippen molar-refractivity contribution < 1.29 is 4.74 Å². The summed E-state index contributed by atoms with van der Waals surface area (Å²) in [6, 6.07) is 0. The van der Waals surface area contributed by atoms with Crippen molar-refractivity contribution in [2.75, 3.05) is 46.4 Å². The first-order valence-electron chi connectivity index (χ1n) is 6.28. The molecule has 0 spiro atoms. The summed E-state index contributed by atoms with van der Waals surface area (Å²) in [6.07, 6.45) is 3.93. The largest absolute Gasteiger partial charge is 0.385 e. The maximum atomic E-state index is 5.09. The fourth-order valence-corrected chi connectivity index (χ4v) is 2.30. The topological polar surface area (TPSA) is 24.5 Å². The average molecular weight is 214 g/mol. The molecule has 0 saturated carbocycles. The number of piperidine rings is 1. The van der Waals surface area contributed by atoms with Crippen molar-refractivity contribution in [1.82, 2.24) is 10.2 Å². The Morgan fingerprint density at radius 3 is 3.07 bits per heavy atom. The van der Waals surface area contributed by atoms with Gasteiger partial charge in [0.25, 0.3) is 0 Å². The molecule has 1 atom stereocenters. The summed E-state index contributed by atoms with van der Waals surface area (Å²) in [5, 5.41) is 3.45. The van der Waals surface area contributed by atoms with Crippen molar-refractivity contribution in [3.05, 3.63) is 0 Å². The molecule has 1 heterocycles. The third kappa shape index (κ3) is 5.50. The average Bonchev–Trinajstić information content (AvgIpc) is 2.27. The highest BCUT2D eigenvalue weighted by atomic mass is 16.5. The highest BCUT2D eigenvalue weighted by Crippen LogP contribution is 2.15. The van der Waals surface area contributed by atoms with Crippen molar-refractivity contribution in [2.45, 2.75) is 26.2 Å². The van der Waals surface area contributed by atoms with Gasteiger partial charge in [-0.25, -0.2) is 0 Å². The van der Waals surface area contributed by atoms with Gasteiger partial charge < -0.3 is 15.0 Å². The van der Waals surface area contributed by atoms with Gasteiger partial charge in [0, 0.05) is 26.8 Å². The van der Waals surface area contributed by atoms with Gasteiger partial charge in [-0.15, -0.1) is 0 Å². The Balaban J connectivity index is 2.11. The predicted molar refractivity (Wildman–Crippen MR) is 64.2 cm³/mol. The zero-order valence-electron chi connectivity index (χ0n) is 10.3. The molecule has 1 rings (SSSR count). The first-order valence-corrected chi connectivity index (χ1v) is 6.28. The molecule has 0 amide bonds. The van der Waals surface area contributed by atoms with Crippen LogP contribution in [0.25, 0.3) is 0 Å². The summed E-state index contributed by atoms with van der Waals surface area (Å²) in [4.78, 5) is 2.59. The lowest BCUT2D eigenvalue weighted by Gasteiger charge is -2.32. The van der Waals surface area contributed by atoms with Crippen LogP contribution >= 0.6 is 0 Å². The van der Waals surface area contributed by atoms with Gasteiger partial charge in [0.15, 0.2) is 0 Å². The lowest BCUT2D eigenvalue weighted by molar-refractivity contribution is 0.140. The molecule has 3 nitrogen and oxygen atoms in total. The van der Waals surface area contributed by atoms with Crippen LogP contribution in [0, 0.1) is 5.92 Å². The minimum absolute atomic E-state index is 0.862.